The molecule has 30 heavy (non-hydrogen) atoms. The zero-order chi connectivity index (χ0) is 21.1. The number of amides is 2. The van der Waals surface area contributed by atoms with E-state index in [-0.39, 0.29) is 18.2 Å². The second-order valence-electron chi connectivity index (χ2n) is 6.84. The molecule has 0 spiro atoms. The monoisotopic (exact) mass is 423 g/mol. The predicted molar refractivity (Wildman–Crippen MR) is 116 cm³/mol. The first-order valence-corrected chi connectivity index (χ1v) is 10.3. The Labute approximate surface area is 178 Å². The molecule has 4 rings (SSSR count). The second-order valence-corrected chi connectivity index (χ2v) is 7.70. The van der Waals surface area contributed by atoms with Gasteiger partial charge in [-0.25, -0.2) is 4.98 Å². The Balaban J connectivity index is 1.44. The highest BCUT2D eigenvalue weighted by molar-refractivity contribution is 7.14. The van der Waals surface area contributed by atoms with Crippen LogP contribution in [0.1, 0.15) is 6.42 Å². The summed E-state index contributed by atoms with van der Waals surface area (Å²) in [5, 5.41) is 5.22. The molecule has 7 nitrogen and oxygen atoms in total. The fraction of sp³-hybridized carbons (Fsp3) is 0.227. The van der Waals surface area contributed by atoms with E-state index >= 15 is 0 Å². The zero-order valence-corrected chi connectivity index (χ0v) is 17.4. The first-order chi connectivity index (χ1) is 14.6. The van der Waals surface area contributed by atoms with E-state index in [1.165, 1.54) is 11.3 Å². The lowest BCUT2D eigenvalue weighted by atomic mass is 10.1. The van der Waals surface area contributed by atoms with Crippen molar-refractivity contribution in [3.63, 3.8) is 0 Å². The van der Waals surface area contributed by atoms with Crippen molar-refractivity contribution in [2.45, 2.75) is 6.42 Å². The number of methoxy groups -OCH3 is 2. The summed E-state index contributed by atoms with van der Waals surface area (Å²) in [4.78, 5) is 31.2. The fourth-order valence-electron chi connectivity index (χ4n) is 3.41. The smallest absolute Gasteiger partial charge is 0.231 e. The maximum absolute atomic E-state index is 12.7. The molecule has 1 aliphatic heterocycles. The van der Waals surface area contributed by atoms with Crippen molar-refractivity contribution in [2.24, 2.45) is 5.92 Å². The van der Waals surface area contributed by atoms with E-state index in [4.69, 9.17) is 9.47 Å². The summed E-state index contributed by atoms with van der Waals surface area (Å²) >= 11 is 1.34. The van der Waals surface area contributed by atoms with Crippen LogP contribution in [-0.4, -0.2) is 37.6 Å². The molecule has 0 aliphatic carbocycles. The zero-order valence-electron chi connectivity index (χ0n) is 16.6. The topological polar surface area (TPSA) is 80.8 Å². The Kier molecular flexibility index (Phi) is 5.67. The molecule has 0 bridgehead atoms. The lowest BCUT2D eigenvalue weighted by Crippen LogP contribution is -2.28. The molecule has 1 aromatic heterocycles. The minimum Gasteiger partial charge on any atom is -0.493 e. The van der Waals surface area contributed by atoms with Gasteiger partial charge in [-0.05, 0) is 30.3 Å². The van der Waals surface area contributed by atoms with Crippen LogP contribution < -0.4 is 19.7 Å². The Morgan fingerprint density at radius 2 is 1.90 bits per heavy atom. The van der Waals surface area contributed by atoms with Crippen LogP contribution in [0.5, 0.6) is 11.5 Å². The van der Waals surface area contributed by atoms with Gasteiger partial charge in [0.15, 0.2) is 16.6 Å². The number of para-hydroxylation sites is 1. The lowest BCUT2D eigenvalue weighted by Gasteiger charge is -2.16. The van der Waals surface area contributed by atoms with Gasteiger partial charge in [0, 0.05) is 29.6 Å². The summed E-state index contributed by atoms with van der Waals surface area (Å²) in [6, 6.07) is 14.9. The normalized spacial score (nSPS) is 15.9. The Hall–Kier alpha value is -3.39. The number of hydrogen-bond donors (Lipinski definition) is 1. The molecular formula is C22H21N3O4S. The summed E-state index contributed by atoms with van der Waals surface area (Å²) in [5.74, 6) is 0.588. The molecule has 8 heteroatoms. The number of ether oxygens (including phenoxy) is 2. The van der Waals surface area contributed by atoms with Crippen molar-refractivity contribution in [3.05, 3.63) is 53.9 Å². The quantitative estimate of drug-likeness (QED) is 0.652. The molecule has 1 fully saturated rings. The van der Waals surface area contributed by atoms with Crippen molar-refractivity contribution in [1.29, 1.82) is 0 Å². The van der Waals surface area contributed by atoms with Crippen LogP contribution in [0.4, 0.5) is 10.8 Å². The lowest BCUT2D eigenvalue weighted by molar-refractivity contribution is -0.122. The molecule has 2 aromatic carbocycles. The average molecular weight is 423 g/mol. The largest absolute Gasteiger partial charge is 0.493 e. The van der Waals surface area contributed by atoms with Crippen LogP contribution in [-0.2, 0) is 9.59 Å². The van der Waals surface area contributed by atoms with Gasteiger partial charge < -0.3 is 19.7 Å². The number of hydrogen-bond acceptors (Lipinski definition) is 6. The van der Waals surface area contributed by atoms with Gasteiger partial charge in [-0.1, -0.05) is 18.2 Å². The van der Waals surface area contributed by atoms with Crippen molar-refractivity contribution < 1.29 is 19.1 Å². The van der Waals surface area contributed by atoms with Crippen molar-refractivity contribution in [1.82, 2.24) is 4.98 Å². The van der Waals surface area contributed by atoms with E-state index in [0.717, 1.165) is 16.9 Å². The van der Waals surface area contributed by atoms with Crippen LogP contribution in [0.25, 0.3) is 11.3 Å². The minimum atomic E-state index is -0.411. The number of thiazole rings is 1. The van der Waals surface area contributed by atoms with Crippen LogP contribution in [0.3, 0.4) is 0 Å². The molecule has 2 amide bonds. The Bertz CT molecular complexity index is 1070. The first-order valence-electron chi connectivity index (χ1n) is 9.43. The van der Waals surface area contributed by atoms with Crippen LogP contribution in [0.2, 0.25) is 0 Å². The van der Waals surface area contributed by atoms with Gasteiger partial charge in [-0.2, -0.15) is 0 Å². The van der Waals surface area contributed by atoms with E-state index in [2.05, 4.69) is 10.3 Å². The van der Waals surface area contributed by atoms with E-state index in [1.807, 2.05) is 53.9 Å². The number of carbonyl (C=O) groups excluding carboxylic acids is 2. The van der Waals surface area contributed by atoms with Gasteiger partial charge in [0.1, 0.15) is 0 Å². The minimum absolute atomic E-state index is 0.0495. The highest BCUT2D eigenvalue weighted by atomic mass is 32.1. The van der Waals surface area contributed by atoms with Crippen molar-refractivity contribution in [3.8, 4) is 22.8 Å². The second kappa shape index (κ2) is 8.54. The molecule has 1 aliphatic rings. The number of aromatic nitrogens is 1. The molecule has 1 saturated heterocycles. The third-order valence-corrected chi connectivity index (χ3v) is 5.74. The summed E-state index contributed by atoms with van der Waals surface area (Å²) in [6.45, 7) is 0.364. The molecule has 1 atom stereocenters. The van der Waals surface area contributed by atoms with Gasteiger partial charge in [0.2, 0.25) is 11.8 Å². The van der Waals surface area contributed by atoms with Gasteiger partial charge in [-0.15, -0.1) is 11.3 Å². The van der Waals surface area contributed by atoms with Gasteiger partial charge >= 0.3 is 0 Å². The van der Waals surface area contributed by atoms with Crippen molar-refractivity contribution in [2.75, 3.05) is 31.0 Å². The SMILES string of the molecule is COc1ccc(-c2csc(NC(=O)C3CC(=O)N(c4ccccc4)C3)n2)cc1OC. The third-order valence-electron chi connectivity index (χ3n) is 4.98. The standard InChI is InChI=1S/C22H21N3O4S/c1-28-18-9-8-14(10-19(18)29-2)17-13-30-22(23-17)24-21(27)15-11-20(26)25(12-15)16-6-4-3-5-7-16/h3-10,13,15H,11-12H2,1-2H3,(H,23,24,27). The summed E-state index contributed by atoms with van der Waals surface area (Å²) < 4.78 is 10.6. The number of carbonyl (C=O) groups is 2. The number of rotatable bonds is 6. The van der Waals surface area contributed by atoms with E-state index < -0.39 is 5.92 Å². The molecule has 2 heterocycles. The molecule has 0 radical (unpaired) electrons. The molecule has 1 N–H and O–H groups in total. The highest BCUT2D eigenvalue weighted by Gasteiger charge is 2.35. The molecular weight excluding hydrogens is 402 g/mol. The van der Waals surface area contributed by atoms with Crippen LogP contribution in [0.15, 0.2) is 53.9 Å². The van der Waals surface area contributed by atoms with E-state index in [1.54, 1.807) is 19.1 Å². The van der Waals surface area contributed by atoms with E-state index in [0.29, 0.717) is 23.2 Å². The molecule has 154 valence electrons. The van der Waals surface area contributed by atoms with Gasteiger partial charge in [-0.3, -0.25) is 9.59 Å². The first kappa shape index (κ1) is 19.9. The Morgan fingerprint density at radius 3 is 2.63 bits per heavy atom. The summed E-state index contributed by atoms with van der Waals surface area (Å²) in [6.07, 6.45) is 0.189. The van der Waals surface area contributed by atoms with Crippen LogP contribution >= 0.6 is 11.3 Å². The molecule has 1 unspecified atom stereocenters. The number of benzene rings is 2. The van der Waals surface area contributed by atoms with E-state index in [9.17, 15) is 9.59 Å². The third kappa shape index (κ3) is 3.99. The van der Waals surface area contributed by atoms with Gasteiger partial charge in [0.05, 0.1) is 25.8 Å². The van der Waals surface area contributed by atoms with Crippen LogP contribution in [0, 0.1) is 5.92 Å². The number of nitrogens with one attached hydrogen (secondary N) is 1. The predicted octanol–water partition coefficient (Wildman–Crippen LogP) is 3.82. The number of nitrogens with zero attached hydrogens (tertiary/aromatic N) is 2. The summed E-state index contributed by atoms with van der Waals surface area (Å²) in [5.41, 5.74) is 2.39. The van der Waals surface area contributed by atoms with Crippen molar-refractivity contribution >= 4 is 34.0 Å². The molecule has 0 saturated carbocycles. The number of anilines is 2. The highest BCUT2D eigenvalue weighted by Crippen LogP contribution is 2.34. The fourth-order valence-corrected chi connectivity index (χ4v) is 4.13. The molecule has 3 aromatic rings. The Morgan fingerprint density at radius 1 is 1.13 bits per heavy atom. The maximum Gasteiger partial charge on any atom is 0.231 e. The maximum atomic E-state index is 12.7. The van der Waals surface area contributed by atoms with Gasteiger partial charge in [0.25, 0.3) is 0 Å². The average Bonchev–Trinajstić information content (AvgIpc) is 3.40. The summed E-state index contributed by atoms with van der Waals surface area (Å²) in [7, 11) is 3.16.